The van der Waals surface area contributed by atoms with Gasteiger partial charge in [0, 0.05) is 56.4 Å². The number of ketones is 2. The number of aromatic nitrogens is 2. The Morgan fingerprint density at radius 3 is 2.29 bits per heavy atom. The summed E-state index contributed by atoms with van der Waals surface area (Å²) in [5.41, 5.74) is -2.62. The van der Waals surface area contributed by atoms with E-state index in [2.05, 4.69) is 4.98 Å². The predicted molar refractivity (Wildman–Crippen MR) is 191 cm³/mol. The van der Waals surface area contributed by atoms with Crippen LogP contribution in [-0.2, 0) is 44.6 Å². The van der Waals surface area contributed by atoms with Gasteiger partial charge < -0.3 is 43.2 Å². The van der Waals surface area contributed by atoms with Crippen LogP contribution in [0.25, 0.3) is 0 Å². The number of methoxy groups -OCH3 is 1. The molecule has 14 heteroatoms. The largest absolute Gasteiger partial charge is 0.458 e. The Balaban J connectivity index is 1.72. The highest BCUT2D eigenvalue weighted by atomic mass is 16.7. The number of aliphatic hydroxyl groups excluding tert-OH is 1. The first kappa shape index (κ1) is 41.8. The number of likely N-dealkylation sites (N-methyl/N-ethyl adjacent to an activating group) is 1. The molecule has 0 aromatic carbocycles. The Kier molecular flexibility index (Phi) is 13.7. The number of carbonyl (C=O) groups excluding carboxylic acids is 4. The molecule has 0 aliphatic carbocycles. The molecule has 4 heterocycles. The van der Waals surface area contributed by atoms with E-state index in [1.165, 1.54) is 14.0 Å². The smallest absolute Gasteiger partial charge is 0.410 e. The van der Waals surface area contributed by atoms with Crippen molar-refractivity contribution in [1.29, 1.82) is 0 Å². The molecule has 3 aliphatic heterocycles. The molecular formula is C38H62N4O10. The fourth-order valence-corrected chi connectivity index (χ4v) is 8.70. The fraction of sp³-hybridized carbons (Fsp3) is 0.816. The molecule has 3 saturated heterocycles. The number of ether oxygens (including phenoxy) is 5. The van der Waals surface area contributed by atoms with Crippen LogP contribution in [0.4, 0.5) is 4.79 Å². The Labute approximate surface area is 308 Å². The highest BCUT2D eigenvalue weighted by molar-refractivity contribution is 6.00. The molecule has 52 heavy (non-hydrogen) atoms. The summed E-state index contributed by atoms with van der Waals surface area (Å²) < 4.78 is 33.0. The maximum atomic E-state index is 14.6. The molecule has 1 amide bonds. The highest BCUT2D eigenvalue weighted by Crippen LogP contribution is 2.43. The summed E-state index contributed by atoms with van der Waals surface area (Å²) in [4.78, 5) is 63.9. The van der Waals surface area contributed by atoms with Gasteiger partial charge >= 0.3 is 12.1 Å². The number of rotatable bonds is 10. The summed E-state index contributed by atoms with van der Waals surface area (Å²) in [5, 5.41) is 11.4. The van der Waals surface area contributed by atoms with E-state index in [1.54, 1.807) is 45.1 Å². The summed E-state index contributed by atoms with van der Waals surface area (Å²) in [6.45, 7) is 15.0. The van der Waals surface area contributed by atoms with Crippen molar-refractivity contribution in [1.82, 2.24) is 19.4 Å². The molecule has 14 nitrogen and oxygen atoms in total. The lowest BCUT2D eigenvalue weighted by molar-refractivity contribution is -0.295. The van der Waals surface area contributed by atoms with E-state index in [-0.39, 0.29) is 30.8 Å². The first-order valence-corrected chi connectivity index (χ1v) is 18.8. The normalized spacial score (nSPS) is 39.6. The van der Waals surface area contributed by atoms with Crippen LogP contribution in [-0.4, -0.2) is 130 Å². The number of Topliss-reactive ketones (excluding diaryl/α,β-unsaturated/α-hetero) is 2. The standard InChI is InChI=1S/C38H62N4O10/c1-12-28-38(8)32(42(36(47)52-38)17-14-13-16-41-18-15-39-21-41)24(4)29(43)22(2)20-37(7,48-11)33(25(5)30(44)26(6)34(46)50-28)51-35-31(45)27(40(9)10)19-23(3)49-35/h15,18,21-28,31-33,35,45H,12-14,16-17,19-20H2,1-11H3/t22-,23-,24+,25+,26-,27+,28-,31-,32-,33-,35+,37-,38-/m1/s1. The minimum absolute atomic E-state index is 0.138. The third kappa shape index (κ3) is 8.56. The van der Waals surface area contributed by atoms with Gasteiger partial charge in [0.05, 0.1) is 30.2 Å². The minimum atomic E-state index is -1.37. The van der Waals surface area contributed by atoms with Crippen LogP contribution in [0.5, 0.6) is 0 Å². The van der Waals surface area contributed by atoms with E-state index in [0.717, 1.165) is 6.42 Å². The van der Waals surface area contributed by atoms with Crippen LogP contribution in [0, 0.1) is 23.7 Å². The SMILES string of the molecule is CC[C@H]1OC(=O)[C@H](C)C(=O)[C@H](C)[C@@H](O[C@@H]2O[C@H](C)C[C@H](N(C)C)[C@H]2O)[C@](C)(OC)C[C@@H](C)C(=O)[C@H](C)[C@H]2N(CCCCn3ccnc3)C(=O)O[C@]12C. The number of unbranched alkanes of at least 4 members (excludes halogenated alkanes) is 1. The molecule has 0 unspecified atom stereocenters. The molecule has 3 aliphatic rings. The molecule has 0 spiro atoms. The van der Waals surface area contributed by atoms with Gasteiger partial charge in [0.25, 0.3) is 0 Å². The number of amides is 1. The van der Waals surface area contributed by atoms with Gasteiger partial charge in [0.2, 0.25) is 0 Å². The van der Waals surface area contributed by atoms with Crippen molar-refractivity contribution >= 4 is 23.6 Å². The lowest BCUT2D eigenvalue weighted by atomic mass is 9.73. The second-order valence-electron chi connectivity index (χ2n) is 15.9. The predicted octanol–water partition coefficient (Wildman–Crippen LogP) is 3.87. The summed E-state index contributed by atoms with van der Waals surface area (Å²) in [7, 11) is 5.24. The van der Waals surface area contributed by atoms with Crippen LogP contribution < -0.4 is 0 Å². The van der Waals surface area contributed by atoms with E-state index in [0.29, 0.717) is 25.9 Å². The maximum absolute atomic E-state index is 14.6. The molecule has 0 radical (unpaired) electrons. The first-order valence-electron chi connectivity index (χ1n) is 18.8. The van der Waals surface area contributed by atoms with E-state index in [1.807, 2.05) is 50.5 Å². The van der Waals surface area contributed by atoms with Crippen LogP contribution in [0.1, 0.15) is 87.5 Å². The van der Waals surface area contributed by atoms with E-state index in [4.69, 9.17) is 23.7 Å². The van der Waals surface area contributed by atoms with Gasteiger partial charge in [-0.1, -0.05) is 27.7 Å². The van der Waals surface area contributed by atoms with Crippen molar-refractivity contribution in [3.05, 3.63) is 18.7 Å². The molecular weight excluding hydrogens is 672 g/mol. The van der Waals surface area contributed by atoms with E-state index in [9.17, 15) is 24.3 Å². The molecule has 1 aromatic heterocycles. The van der Waals surface area contributed by atoms with Crippen molar-refractivity contribution < 1.29 is 48.0 Å². The minimum Gasteiger partial charge on any atom is -0.458 e. The van der Waals surface area contributed by atoms with Gasteiger partial charge in [-0.25, -0.2) is 9.78 Å². The molecule has 294 valence electrons. The van der Waals surface area contributed by atoms with Gasteiger partial charge in [0.1, 0.15) is 23.9 Å². The van der Waals surface area contributed by atoms with Crippen molar-refractivity contribution in [3.8, 4) is 0 Å². The topological polar surface area (TPSA) is 159 Å². The number of cyclic esters (lactones) is 1. The molecule has 0 saturated carbocycles. The average Bonchev–Trinajstić information content (AvgIpc) is 3.71. The van der Waals surface area contributed by atoms with Gasteiger partial charge in [-0.2, -0.15) is 0 Å². The van der Waals surface area contributed by atoms with E-state index >= 15 is 0 Å². The molecule has 13 atom stereocenters. The number of carbonyl (C=O) groups is 4. The highest BCUT2D eigenvalue weighted by Gasteiger charge is 2.60. The van der Waals surface area contributed by atoms with Crippen LogP contribution in [0.3, 0.4) is 0 Å². The molecule has 4 rings (SSSR count). The zero-order valence-corrected chi connectivity index (χ0v) is 32.9. The Morgan fingerprint density at radius 2 is 1.69 bits per heavy atom. The fourth-order valence-electron chi connectivity index (χ4n) is 8.70. The monoisotopic (exact) mass is 734 g/mol. The molecule has 1 N–H and O–H groups in total. The molecule has 1 aromatic rings. The zero-order chi connectivity index (χ0) is 38.7. The quantitative estimate of drug-likeness (QED) is 0.211. The Bertz CT molecular complexity index is 1390. The number of esters is 1. The maximum Gasteiger partial charge on any atom is 0.410 e. The Hall–Kier alpha value is -2.91. The van der Waals surface area contributed by atoms with Gasteiger partial charge in [0.15, 0.2) is 17.7 Å². The lowest BCUT2D eigenvalue weighted by Crippen LogP contribution is -2.60. The van der Waals surface area contributed by atoms with Gasteiger partial charge in [-0.3, -0.25) is 14.4 Å². The van der Waals surface area contributed by atoms with Gasteiger partial charge in [-0.05, 0) is 73.9 Å². The van der Waals surface area contributed by atoms with Crippen molar-refractivity contribution in [2.24, 2.45) is 23.7 Å². The number of nitrogens with zero attached hydrogens (tertiary/aromatic N) is 4. The third-order valence-corrected chi connectivity index (χ3v) is 11.8. The third-order valence-electron chi connectivity index (χ3n) is 11.8. The van der Waals surface area contributed by atoms with Crippen LogP contribution in [0.2, 0.25) is 0 Å². The Morgan fingerprint density at radius 1 is 1.02 bits per heavy atom. The number of hydrogen-bond acceptors (Lipinski definition) is 12. The summed E-state index contributed by atoms with van der Waals surface area (Å²) in [6.07, 6.45) is 2.78. The van der Waals surface area contributed by atoms with Crippen LogP contribution in [0.15, 0.2) is 18.7 Å². The van der Waals surface area contributed by atoms with E-state index < -0.39 is 83.4 Å². The lowest BCUT2D eigenvalue weighted by Gasteiger charge is -2.47. The second kappa shape index (κ2) is 17.0. The summed E-state index contributed by atoms with van der Waals surface area (Å²) in [5.74, 6) is -4.85. The zero-order valence-electron chi connectivity index (χ0n) is 32.9. The number of aryl methyl sites for hydroxylation is 1. The van der Waals surface area contributed by atoms with Crippen LogP contribution >= 0.6 is 0 Å². The number of imidazole rings is 1. The first-order chi connectivity index (χ1) is 24.4. The number of hydrogen-bond donors (Lipinski definition) is 1. The number of fused-ring (bicyclic) bond motifs is 1. The van der Waals surface area contributed by atoms with Crippen molar-refractivity contribution in [3.63, 3.8) is 0 Å². The summed E-state index contributed by atoms with van der Waals surface area (Å²) >= 11 is 0. The van der Waals surface area contributed by atoms with Gasteiger partial charge in [-0.15, -0.1) is 0 Å². The van der Waals surface area contributed by atoms with Crippen molar-refractivity contribution in [2.75, 3.05) is 27.7 Å². The molecule has 0 bridgehead atoms. The van der Waals surface area contributed by atoms with Crippen molar-refractivity contribution in [2.45, 2.75) is 148 Å². The summed E-state index contributed by atoms with van der Waals surface area (Å²) in [6, 6.07) is -1.03. The molecule has 3 fully saturated rings. The average molecular weight is 735 g/mol. The second-order valence-corrected chi connectivity index (χ2v) is 15.9. The number of aliphatic hydroxyl groups is 1.